The molecule has 2 heterocycles. The molecule has 0 saturated heterocycles. The second-order valence-corrected chi connectivity index (χ2v) is 4.76. The molecule has 0 aliphatic carbocycles. The lowest BCUT2D eigenvalue weighted by atomic mass is 10.0. The van der Waals surface area contributed by atoms with Gasteiger partial charge in [0.25, 0.3) is 0 Å². The Bertz CT molecular complexity index is 790. The van der Waals surface area contributed by atoms with E-state index in [4.69, 9.17) is 5.73 Å². The number of halogens is 3. The first kappa shape index (κ1) is 13.5. The summed E-state index contributed by atoms with van der Waals surface area (Å²) in [4.78, 5) is 4.19. The van der Waals surface area contributed by atoms with Gasteiger partial charge in [-0.05, 0) is 23.8 Å². The number of pyridine rings is 1. The maximum Gasteiger partial charge on any atom is 0.416 e. The number of nitrogen functional groups attached to an aromatic ring is 1. The third kappa shape index (κ3) is 2.56. The van der Waals surface area contributed by atoms with Crippen LogP contribution >= 0.6 is 0 Å². The monoisotopic (exact) mass is 291 g/mol. The molecule has 0 aliphatic heterocycles. The molecule has 1 aromatic carbocycles. The summed E-state index contributed by atoms with van der Waals surface area (Å²) >= 11 is 0. The van der Waals surface area contributed by atoms with Gasteiger partial charge in [-0.25, -0.2) is 4.98 Å². The summed E-state index contributed by atoms with van der Waals surface area (Å²) in [5.41, 5.74) is 6.60. The molecule has 3 rings (SSSR count). The van der Waals surface area contributed by atoms with Crippen molar-refractivity contribution in [3.05, 3.63) is 65.7 Å². The topological polar surface area (TPSA) is 43.3 Å². The van der Waals surface area contributed by atoms with Crippen molar-refractivity contribution in [2.24, 2.45) is 0 Å². The fourth-order valence-corrected chi connectivity index (χ4v) is 2.31. The SMILES string of the molecule is Nc1ccc2cnc(Cc3ccccc3C(F)(F)F)n2c1. The van der Waals surface area contributed by atoms with Gasteiger partial charge < -0.3 is 10.1 Å². The van der Waals surface area contributed by atoms with Gasteiger partial charge in [0.15, 0.2) is 0 Å². The zero-order chi connectivity index (χ0) is 15.0. The normalized spacial score (nSPS) is 12.0. The second kappa shape index (κ2) is 4.80. The average Bonchev–Trinajstić information content (AvgIpc) is 2.81. The minimum Gasteiger partial charge on any atom is -0.398 e. The summed E-state index contributed by atoms with van der Waals surface area (Å²) < 4.78 is 40.7. The van der Waals surface area contributed by atoms with Gasteiger partial charge in [0.2, 0.25) is 0 Å². The van der Waals surface area contributed by atoms with E-state index in [1.54, 1.807) is 35.0 Å². The van der Waals surface area contributed by atoms with E-state index < -0.39 is 11.7 Å². The first-order chi connectivity index (χ1) is 9.95. The summed E-state index contributed by atoms with van der Waals surface area (Å²) in [5, 5.41) is 0. The molecule has 2 aromatic heterocycles. The van der Waals surface area contributed by atoms with E-state index in [2.05, 4.69) is 4.98 Å². The molecule has 0 radical (unpaired) electrons. The van der Waals surface area contributed by atoms with Crippen molar-refractivity contribution < 1.29 is 13.2 Å². The van der Waals surface area contributed by atoms with Crippen LogP contribution in [0.25, 0.3) is 5.52 Å². The number of aromatic nitrogens is 2. The first-order valence-electron chi connectivity index (χ1n) is 6.32. The molecule has 0 saturated carbocycles. The standard InChI is InChI=1S/C15H12F3N3/c16-15(17,18)13-4-2-1-3-10(13)7-14-20-8-12-6-5-11(19)9-21(12)14/h1-6,8-9H,7,19H2. The predicted molar refractivity (Wildman–Crippen MR) is 73.9 cm³/mol. The zero-order valence-electron chi connectivity index (χ0n) is 10.9. The molecule has 0 unspecified atom stereocenters. The Morgan fingerprint density at radius 1 is 1.10 bits per heavy atom. The lowest BCUT2D eigenvalue weighted by molar-refractivity contribution is -0.138. The summed E-state index contributed by atoms with van der Waals surface area (Å²) in [6.45, 7) is 0. The van der Waals surface area contributed by atoms with Crippen molar-refractivity contribution in [1.82, 2.24) is 9.38 Å². The van der Waals surface area contributed by atoms with Crippen molar-refractivity contribution in [2.45, 2.75) is 12.6 Å². The highest BCUT2D eigenvalue weighted by Gasteiger charge is 2.33. The molecule has 0 fully saturated rings. The van der Waals surface area contributed by atoms with E-state index >= 15 is 0 Å². The van der Waals surface area contributed by atoms with E-state index in [1.165, 1.54) is 12.1 Å². The number of nitrogens with two attached hydrogens (primary N) is 1. The van der Waals surface area contributed by atoms with Crippen LogP contribution in [0.4, 0.5) is 18.9 Å². The smallest absolute Gasteiger partial charge is 0.398 e. The summed E-state index contributed by atoms with van der Waals surface area (Å²) in [7, 11) is 0. The highest BCUT2D eigenvalue weighted by atomic mass is 19.4. The van der Waals surface area contributed by atoms with Crippen LogP contribution in [-0.4, -0.2) is 9.38 Å². The Labute approximate surface area is 118 Å². The zero-order valence-corrected chi connectivity index (χ0v) is 10.9. The molecule has 108 valence electrons. The third-order valence-electron chi connectivity index (χ3n) is 3.30. The lowest BCUT2D eigenvalue weighted by Gasteiger charge is -2.12. The Morgan fingerprint density at radius 2 is 1.86 bits per heavy atom. The predicted octanol–water partition coefficient (Wildman–Crippen LogP) is 3.53. The molecule has 0 bridgehead atoms. The number of nitrogens with zero attached hydrogens (tertiary/aromatic N) is 2. The van der Waals surface area contributed by atoms with Crippen LogP contribution in [0, 0.1) is 0 Å². The minimum atomic E-state index is -4.37. The summed E-state index contributed by atoms with van der Waals surface area (Å²) in [6, 6.07) is 9.03. The number of rotatable bonds is 2. The highest BCUT2D eigenvalue weighted by Crippen LogP contribution is 2.32. The fraction of sp³-hybridized carbons (Fsp3) is 0.133. The molecule has 0 aliphatic rings. The van der Waals surface area contributed by atoms with Gasteiger partial charge >= 0.3 is 6.18 Å². The van der Waals surface area contributed by atoms with Gasteiger partial charge in [0.1, 0.15) is 5.82 Å². The Hall–Kier alpha value is -2.50. The molecule has 6 heteroatoms. The van der Waals surface area contributed by atoms with Crippen LogP contribution < -0.4 is 5.73 Å². The largest absolute Gasteiger partial charge is 0.416 e. The quantitative estimate of drug-likeness (QED) is 0.785. The van der Waals surface area contributed by atoms with Crippen LogP contribution in [0.2, 0.25) is 0 Å². The maximum atomic E-state index is 13.0. The Balaban J connectivity index is 2.05. The van der Waals surface area contributed by atoms with E-state index in [0.29, 0.717) is 11.5 Å². The third-order valence-corrected chi connectivity index (χ3v) is 3.30. The summed E-state index contributed by atoms with van der Waals surface area (Å²) in [5.74, 6) is 0.522. The van der Waals surface area contributed by atoms with E-state index in [-0.39, 0.29) is 12.0 Å². The van der Waals surface area contributed by atoms with E-state index in [1.807, 2.05) is 0 Å². The number of fused-ring (bicyclic) bond motifs is 1. The number of hydrogen-bond acceptors (Lipinski definition) is 2. The first-order valence-corrected chi connectivity index (χ1v) is 6.32. The number of hydrogen-bond donors (Lipinski definition) is 1. The van der Waals surface area contributed by atoms with Gasteiger partial charge in [-0.1, -0.05) is 18.2 Å². The molecule has 3 aromatic rings. The highest BCUT2D eigenvalue weighted by molar-refractivity contribution is 5.52. The van der Waals surface area contributed by atoms with Crippen LogP contribution in [0.1, 0.15) is 17.0 Å². The number of anilines is 1. The summed E-state index contributed by atoms with van der Waals surface area (Å²) in [6.07, 6.45) is -1.01. The van der Waals surface area contributed by atoms with Gasteiger partial charge in [-0.2, -0.15) is 13.2 Å². The lowest BCUT2D eigenvalue weighted by Crippen LogP contribution is -2.10. The van der Waals surface area contributed by atoms with Crippen LogP contribution in [0.3, 0.4) is 0 Å². The van der Waals surface area contributed by atoms with Gasteiger partial charge in [-0.15, -0.1) is 0 Å². The van der Waals surface area contributed by atoms with Gasteiger partial charge in [0, 0.05) is 18.3 Å². The number of imidazole rings is 1. The van der Waals surface area contributed by atoms with Gasteiger partial charge in [0.05, 0.1) is 17.3 Å². The fourth-order valence-electron chi connectivity index (χ4n) is 2.31. The van der Waals surface area contributed by atoms with Crippen molar-refractivity contribution in [3.8, 4) is 0 Å². The molecule has 0 amide bonds. The van der Waals surface area contributed by atoms with Crippen LogP contribution in [0.5, 0.6) is 0 Å². The second-order valence-electron chi connectivity index (χ2n) is 4.76. The molecule has 21 heavy (non-hydrogen) atoms. The van der Waals surface area contributed by atoms with E-state index in [9.17, 15) is 13.2 Å². The maximum absolute atomic E-state index is 13.0. The number of alkyl halides is 3. The van der Waals surface area contributed by atoms with Crippen molar-refractivity contribution in [2.75, 3.05) is 5.73 Å². The van der Waals surface area contributed by atoms with Crippen LogP contribution in [0.15, 0.2) is 48.8 Å². The number of benzene rings is 1. The van der Waals surface area contributed by atoms with Crippen molar-refractivity contribution in [3.63, 3.8) is 0 Å². The molecule has 0 spiro atoms. The van der Waals surface area contributed by atoms with Gasteiger partial charge in [-0.3, -0.25) is 0 Å². The average molecular weight is 291 g/mol. The molecular formula is C15H12F3N3. The Kier molecular flexibility index (Phi) is 3.08. The molecular weight excluding hydrogens is 279 g/mol. The Morgan fingerprint density at radius 3 is 2.62 bits per heavy atom. The van der Waals surface area contributed by atoms with Crippen LogP contribution in [-0.2, 0) is 12.6 Å². The van der Waals surface area contributed by atoms with E-state index in [0.717, 1.165) is 11.6 Å². The molecule has 3 nitrogen and oxygen atoms in total. The van der Waals surface area contributed by atoms with Crippen molar-refractivity contribution >= 4 is 11.2 Å². The molecule has 0 atom stereocenters. The molecule has 2 N–H and O–H groups in total. The minimum absolute atomic E-state index is 0.0906. The van der Waals surface area contributed by atoms with Crippen molar-refractivity contribution in [1.29, 1.82) is 0 Å².